The molecule has 4 rings (SSSR count). The minimum absolute atomic E-state index is 0.114. The van der Waals surface area contributed by atoms with E-state index in [1.807, 2.05) is 24.0 Å². The van der Waals surface area contributed by atoms with Crippen LogP contribution in [0.5, 0.6) is 0 Å². The zero-order valence-corrected chi connectivity index (χ0v) is 14.6. The highest BCUT2D eigenvalue weighted by molar-refractivity contribution is 5.96. The van der Waals surface area contributed by atoms with Crippen LogP contribution in [-0.4, -0.2) is 73.3 Å². The van der Waals surface area contributed by atoms with Crippen molar-refractivity contribution in [3.8, 4) is 0 Å². The van der Waals surface area contributed by atoms with Crippen molar-refractivity contribution in [2.75, 3.05) is 46.0 Å². The number of carbonyl (C=O) groups is 1. The summed E-state index contributed by atoms with van der Waals surface area (Å²) in [4.78, 5) is 17.1. The Morgan fingerprint density at radius 1 is 1.21 bits per heavy atom. The molecule has 3 aliphatic heterocycles. The quantitative estimate of drug-likeness (QED) is 0.826. The lowest BCUT2D eigenvalue weighted by Crippen LogP contribution is -2.63. The first-order valence-electron chi connectivity index (χ1n) is 8.89. The number of hydrogen-bond donors (Lipinski definition) is 0. The summed E-state index contributed by atoms with van der Waals surface area (Å²) >= 11 is 0. The van der Waals surface area contributed by atoms with Crippen LogP contribution in [0.4, 0.5) is 0 Å². The maximum absolute atomic E-state index is 12.7. The zero-order valence-electron chi connectivity index (χ0n) is 14.6. The topological polar surface area (TPSA) is 42.0 Å². The van der Waals surface area contributed by atoms with Gasteiger partial charge in [0.05, 0.1) is 32.9 Å². The van der Waals surface area contributed by atoms with Crippen molar-refractivity contribution >= 4 is 5.91 Å². The average molecular weight is 330 g/mol. The molecule has 0 aliphatic carbocycles. The Bertz CT molecular complexity index is 633. The summed E-state index contributed by atoms with van der Waals surface area (Å²) in [6.45, 7) is 9.92. The van der Waals surface area contributed by atoms with Crippen LogP contribution < -0.4 is 0 Å². The number of likely N-dealkylation sites (tertiary alicyclic amines) is 1. The molecule has 5 nitrogen and oxygen atoms in total. The first-order valence-corrected chi connectivity index (χ1v) is 8.89. The molecule has 3 heterocycles. The molecule has 3 saturated heterocycles. The highest BCUT2D eigenvalue weighted by atomic mass is 16.5. The van der Waals surface area contributed by atoms with Gasteiger partial charge in [-0.3, -0.25) is 9.69 Å². The Hall–Kier alpha value is -1.43. The predicted octanol–water partition coefficient (Wildman–Crippen LogP) is 1.62. The highest BCUT2D eigenvalue weighted by Gasteiger charge is 2.52. The van der Waals surface area contributed by atoms with Crippen LogP contribution in [0.2, 0.25) is 0 Å². The summed E-state index contributed by atoms with van der Waals surface area (Å²) < 4.78 is 11.6. The van der Waals surface area contributed by atoms with Crippen molar-refractivity contribution in [1.82, 2.24) is 9.80 Å². The third kappa shape index (κ3) is 2.85. The lowest BCUT2D eigenvalue weighted by atomic mass is 9.88. The predicted molar refractivity (Wildman–Crippen MR) is 91.3 cm³/mol. The molecule has 0 bridgehead atoms. The number of hydrogen-bond acceptors (Lipinski definition) is 4. The first-order chi connectivity index (χ1) is 11.6. The molecule has 1 amide bonds. The molecule has 1 aromatic rings. The van der Waals surface area contributed by atoms with E-state index in [4.69, 9.17) is 9.47 Å². The van der Waals surface area contributed by atoms with E-state index in [0.717, 1.165) is 63.5 Å². The monoisotopic (exact) mass is 330 g/mol. The molecule has 1 spiro atoms. The van der Waals surface area contributed by atoms with Gasteiger partial charge >= 0.3 is 0 Å². The zero-order chi connectivity index (χ0) is 16.7. The highest BCUT2D eigenvalue weighted by Crippen LogP contribution is 2.38. The first kappa shape index (κ1) is 16.1. The molecule has 24 heavy (non-hydrogen) atoms. The fraction of sp³-hybridized carbons (Fsp3) is 0.632. The maximum atomic E-state index is 12.7. The molecule has 3 aliphatic rings. The van der Waals surface area contributed by atoms with Gasteiger partial charge in [-0.15, -0.1) is 0 Å². The van der Waals surface area contributed by atoms with E-state index in [0.29, 0.717) is 6.04 Å². The van der Waals surface area contributed by atoms with E-state index in [9.17, 15) is 4.79 Å². The lowest BCUT2D eigenvalue weighted by molar-refractivity contribution is -0.0951. The van der Waals surface area contributed by atoms with Gasteiger partial charge in [0.2, 0.25) is 0 Å². The van der Waals surface area contributed by atoms with Crippen molar-refractivity contribution in [3.05, 3.63) is 34.9 Å². The van der Waals surface area contributed by atoms with Gasteiger partial charge in [0.15, 0.2) is 0 Å². The van der Waals surface area contributed by atoms with Gasteiger partial charge < -0.3 is 14.4 Å². The van der Waals surface area contributed by atoms with Crippen LogP contribution in [-0.2, 0) is 9.47 Å². The summed E-state index contributed by atoms with van der Waals surface area (Å²) in [6.07, 6.45) is 1.03. The van der Waals surface area contributed by atoms with Gasteiger partial charge in [0.25, 0.3) is 5.91 Å². The fourth-order valence-electron chi connectivity index (χ4n) is 4.23. The molecule has 0 radical (unpaired) electrons. The Labute approximate surface area is 143 Å². The van der Waals surface area contributed by atoms with Crippen LogP contribution in [0, 0.1) is 13.8 Å². The smallest absolute Gasteiger partial charge is 0.254 e. The summed E-state index contributed by atoms with van der Waals surface area (Å²) in [6, 6.07) is 6.51. The van der Waals surface area contributed by atoms with E-state index in [1.165, 1.54) is 5.56 Å². The Morgan fingerprint density at radius 2 is 1.96 bits per heavy atom. The number of morpholine rings is 1. The lowest BCUT2D eigenvalue weighted by Gasteiger charge is -2.47. The summed E-state index contributed by atoms with van der Waals surface area (Å²) in [5.41, 5.74) is 2.95. The molecular formula is C19H26N2O3. The van der Waals surface area contributed by atoms with Gasteiger partial charge in [0.1, 0.15) is 5.60 Å². The minimum atomic E-state index is -0.114. The van der Waals surface area contributed by atoms with E-state index in [1.54, 1.807) is 0 Å². The van der Waals surface area contributed by atoms with Crippen LogP contribution in [0.15, 0.2) is 18.2 Å². The molecule has 0 N–H and O–H groups in total. The van der Waals surface area contributed by atoms with Crippen molar-refractivity contribution in [2.45, 2.75) is 31.9 Å². The second-order valence-corrected chi connectivity index (χ2v) is 7.48. The number of ether oxygens (including phenoxy) is 2. The molecule has 1 atom stereocenters. The third-order valence-electron chi connectivity index (χ3n) is 5.61. The Balaban J connectivity index is 1.36. The van der Waals surface area contributed by atoms with Crippen LogP contribution in [0.1, 0.15) is 27.9 Å². The second kappa shape index (κ2) is 6.14. The van der Waals surface area contributed by atoms with E-state index < -0.39 is 0 Å². The van der Waals surface area contributed by atoms with E-state index >= 15 is 0 Å². The Kier molecular flexibility index (Phi) is 4.11. The molecule has 130 valence electrons. The van der Waals surface area contributed by atoms with Crippen LogP contribution in [0.25, 0.3) is 0 Å². The second-order valence-electron chi connectivity index (χ2n) is 7.48. The standard InChI is InChI=1S/C19H26N2O3/c1-14-3-4-17(15(2)9-14)18(22)21-12-19(13-21)10-16(11-24-19)20-5-7-23-8-6-20/h3-4,9,16H,5-8,10-13H2,1-2H3. The van der Waals surface area contributed by atoms with Gasteiger partial charge in [-0.1, -0.05) is 17.7 Å². The van der Waals surface area contributed by atoms with Gasteiger partial charge in [-0.2, -0.15) is 0 Å². The number of carbonyl (C=O) groups excluding carboxylic acids is 1. The van der Waals surface area contributed by atoms with Crippen LogP contribution in [0.3, 0.4) is 0 Å². The van der Waals surface area contributed by atoms with Gasteiger partial charge in [-0.05, 0) is 31.9 Å². The van der Waals surface area contributed by atoms with Crippen molar-refractivity contribution in [1.29, 1.82) is 0 Å². The summed E-state index contributed by atoms with van der Waals surface area (Å²) in [5.74, 6) is 0.136. The summed E-state index contributed by atoms with van der Waals surface area (Å²) in [5, 5.41) is 0. The average Bonchev–Trinajstić information content (AvgIpc) is 2.99. The largest absolute Gasteiger partial charge is 0.379 e. The summed E-state index contributed by atoms with van der Waals surface area (Å²) in [7, 11) is 0. The van der Waals surface area contributed by atoms with E-state index in [-0.39, 0.29) is 11.5 Å². The fourth-order valence-corrected chi connectivity index (χ4v) is 4.23. The molecule has 1 unspecified atom stereocenters. The maximum Gasteiger partial charge on any atom is 0.254 e. The SMILES string of the molecule is Cc1ccc(C(=O)N2CC3(CC(N4CCOCC4)CO3)C2)c(C)c1. The molecule has 5 heteroatoms. The Morgan fingerprint density at radius 3 is 2.67 bits per heavy atom. The van der Waals surface area contributed by atoms with Gasteiger partial charge in [0, 0.05) is 24.7 Å². The number of nitrogens with zero attached hydrogens (tertiary/aromatic N) is 2. The normalized spacial score (nSPS) is 26.6. The van der Waals surface area contributed by atoms with E-state index in [2.05, 4.69) is 17.9 Å². The number of benzene rings is 1. The molecule has 0 aromatic heterocycles. The van der Waals surface area contributed by atoms with Gasteiger partial charge in [-0.25, -0.2) is 0 Å². The molecule has 0 saturated carbocycles. The number of aryl methyl sites for hydroxylation is 2. The van der Waals surface area contributed by atoms with Crippen LogP contribution >= 0.6 is 0 Å². The molecular weight excluding hydrogens is 304 g/mol. The minimum Gasteiger partial charge on any atom is -0.379 e. The number of amides is 1. The van der Waals surface area contributed by atoms with Crippen molar-refractivity contribution in [3.63, 3.8) is 0 Å². The molecule has 3 fully saturated rings. The molecule has 1 aromatic carbocycles. The van der Waals surface area contributed by atoms with Crippen molar-refractivity contribution in [2.24, 2.45) is 0 Å². The third-order valence-corrected chi connectivity index (χ3v) is 5.61. The number of rotatable bonds is 2. The van der Waals surface area contributed by atoms with Crippen molar-refractivity contribution < 1.29 is 14.3 Å².